The largest absolute Gasteiger partial charge is 0.478 e. The number of aryl methyl sites for hydroxylation is 1. The van der Waals surface area contributed by atoms with E-state index in [-0.39, 0.29) is 11.3 Å². The van der Waals surface area contributed by atoms with Gasteiger partial charge < -0.3 is 9.52 Å². The van der Waals surface area contributed by atoms with Crippen molar-refractivity contribution in [3.05, 3.63) is 59.0 Å². The van der Waals surface area contributed by atoms with Gasteiger partial charge in [-0.3, -0.25) is 4.79 Å². The van der Waals surface area contributed by atoms with Crippen LogP contribution in [0.1, 0.15) is 32.0 Å². The summed E-state index contributed by atoms with van der Waals surface area (Å²) in [5.74, 6) is 0.640. The fraction of sp³-hybridized carbons (Fsp3) is 0.200. The quantitative estimate of drug-likeness (QED) is 0.826. The van der Waals surface area contributed by atoms with Crippen molar-refractivity contribution in [1.82, 2.24) is 0 Å². The Hall–Kier alpha value is -2.01. The number of thioether (sulfide) groups is 1. The highest BCUT2D eigenvalue weighted by Crippen LogP contribution is 2.17. The van der Waals surface area contributed by atoms with Crippen LogP contribution in [0.4, 0.5) is 0 Å². The van der Waals surface area contributed by atoms with Gasteiger partial charge >= 0.3 is 5.97 Å². The van der Waals surface area contributed by atoms with Crippen LogP contribution in [-0.4, -0.2) is 22.6 Å². The molecular formula is C15H14O4S. The summed E-state index contributed by atoms with van der Waals surface area (Å²) in [7, 11) is 0. The Labute approximate surface area is 120 Å². The molecule has 0 aliphatic heterocycles. The molecule has 1 aromatic carbocycles. The highest BCUT2D eigenvalue weighted by Gasteiger charge is 2.12. The Bertz CT molecular complexity index is 617. The smallest absolute Gasteiger partial charge is 0.335 e. The second kappa shape index (κ2) is 6.43. The fourth-order valence-corrected chi connectivity index (χ4v) is 2.57. The highest BCUT2D eigenvalue weighted by atomic mass is 32.2. The Morgan fingerprint density at radius 1 is 1.30 bits per heavy atom. The van der Waals surface area contributed by atoms with E-state index in [0.29, 0.717) is 22.6 Å². The maximum absolute atomic E-state index is 12.0. The second-order valence-corrected chi connectivity index (χ2v) is 5.32. The van der Waals surface area contributed by atoms with Gasteiger partial charge in [0.1, 0.15) is 5.76 Å². The summed E-state index contributed by atoms with van der Waals surface area (Å²) in [6, 6.07) is 8.42. The summed E-state index contributed by atoms with van der Waals surface area (Å²) in [6.07, 6.45) is 1.59. The molecule has 0 aliphatic rings. The lowest BCUT2D eigenvalue weighted by Crippen LogP contribution is -2.07. The number of aromatic carboxylic acids is 1. The van der Waals surface area contributed by atoms with Crippen molar-refractivity contribution in [2.45, 2.75) is 12.7 Å². The normalized spacial score (nSPS) is 10.4. The number of Topliss-reactive ketones (excluding diaryl/α,β-unsaturated/α-hetero) is 1. The molecule has 0 saturated carbocycles. The number of hydrogen-bond donors (Lipinski definition) is 1. The van der Waals surface area contributed by atoms with Gasteiger partial charge in [0.2, 0.25) is 0 Å². The van der Waals surface area contributed by atoms with E-state index in [1.807, 2.05) is 6.07 Å². The molecular weight excluding hydrogens is 276 g/mol. The summed E-state index contributed by atoms with van der Waals surface area (Å²) < 4.78 is 5.18. The number of ketones is 1. The van der Waals surface area contributed by atoms with Gasteiger partial charge in [-0.05, 0) is 30.7 Å². The first-order chi connectivity index (χ1) is 9.58. The van der Waals surface area contributed by atoms with Crippen LogP contribution in [0, 0.1) is 6.92 Å². The van der Waals surface area contributed by atoms with E-state index < -0.39 is 5.97 Å². The number of carboxylic acid groups (broad SMARTS) is 1. The van der Waals surface area contributed by atoms with Gasteiger partial charge in [-0.25, -0.2) is 4.79 Å². The summed E-state index contributed by atoms with van der Waals surface area (Å²) in [5.41, 5.74) is 1.25. The summed E-state index contributed by atoms with van der Waals surface area (Å²) in [4.78, 5) is 23.1. The lowest BCUT2D eigenvalue weighted by atomic mass is 10.0. The van der Waals surface area contributed by atoms with Crippen molar-refractivity contribution in [3.63, 3.8) is 0 Å². The standard InChI is InChI=1S/C15H14O4S/c1-10-4-5-11(7-13(10)15(17)18)14(16)9-20-8-12-3-2-6-19-12/h2-7H,8-9H2,1H3,(H,17,18). The first-order valence-electron chi connectivity index (χ1n) is 6.05. The second-order valence-electron chi connectivity index (χ2n) is 4.33. The molecule has 4 nitrogen and oxygen atoms in total. The molecule has 1 N–H and O–H groups in total. The molecule has 0 radical (unpaired) electrons. The van der Waals surface area contributed by atoms with Crippen LogP contribution in [-0.2, 0) is 5.75 Å². The van der Waals surface area contributed by atoms with Crippen molar-refractivity contribution < 1.29 is 19.1 Å². The van der Waals surface area contributed by atoms with Crippen LogP contribution in [0.25, 0.3) is 0 Å². The minimum atomic E-state index is -1.01. The predicted molar refractivity (Wildman–Crippen MR) is 77.3 cm³/mol. The third-order valence-electron chi connectivity index (χ3n) is 2.85. The average molecular weight is 290 g/mol. The fourth-order valence-electron chi connectivity index (χ4n) is 1.75. The number of rotatable bonds is 6. The number of hydrogen-bond acceptors (Lipinski definition) is 4. The minimum Gasteiger partial charge on any atom is -0.478 e. The van der Waals surface area contributed by atoms with Crippen LogP contribution in [0.15, 0.2) is 41.0 Å². The van der Waals surface area contributed by atoms with Crippen LogP contribution in [0.3, 0.4) is 0 Å². The zero-order valence-electron chi connectivity index (χ0n) is 11.0. The molecule has 5 heteroatoms. The molecule has 0 unspecified atom stereocenters. The minimum absolute atomic E-state index is 0.0796. The zero-order valence-corrected chi connectivity index (χ0v) is 11.8. The van der Waals surface area contributed by atoms with E-state index in [9.17, 15) is 9.59 Å². The van der Waals surface area contributed by atoms with E-state index in [4.69, 9.17) is 9.52 Å². The number of benzene rings is 1. The van der Waals surface area contributed by atoms with Gasteiger partial charge in [-0.1, -0.05) is 12.1 Å². The first-order valence-corrected chi connectivity index (χ1v) is 7.20. The molecule has 1 aromatic heterocycles. The molecule has 2 aromatic rings. The average Bonchev–Trinajstić information content (AvgIpc) is 2.92. The molecule has 0 fully saturated rings. The SMILES string of the molecule is Cc1ccc(C(=O)CSCc2ccco2)cc1C(=O)O. The Kier molecular flexibility index (Phi) is 4.63. The van der Waals surface area contributed by atoms with E-state index >= 15 is 0 Å². The molecule has 0 aliphatic carbocycles. The highest BCUT2D eigenvalue weighted by molar-refractivity contribution is 7.99. The number of carbonyl (C=O) groups excluding carboxylic acids is 1. The number of carboxylic acids is 1. The third kappa shape index (κ3) is 3.51. The van der Waals surface area contributed by atoms with Crippen molar-refractivity contribution in [2.75, 3.05) is 5.75 Å². The molecule has 0 amide bonds. The van der Waals surface area contributed by atoms with Crippen molar-refractivity contribution in [1.29, 1.82) is 0 Å². The van der Waals surface area contributed by atoms with Gasteiger partial charge in [0.05, 0.1) is 23.3 Å². The lowest BCUT2D eigenvalue weighted by molar-refractivity contribution is 0.0696. The lowest BCUT2D eigenvalue weighted by Gasteiger charge is -2.04. The van der Waals surface area contributed by atoms with Crippen LogP contribution in [0.2, 0.25) is 0 Å². The molecule has 20 heavy (non-hydrogen) atoms. The Morgan fingerprint density at radius 3 is 2.75 bits per heavy atom. The van der Waals surface area contributed by atoms with Gasteiger partial charge in [0.15, 0.2) is 5.78 Å². The molecule has 104 valence electrons. The molecule has 2 rings (SSSR count). The summed E-state index contributed by atoms with van der Waals surface area (Å²) >= 11 is 1.44. The van der Waals surface area contributed by atoms with Crippen molar-refractivity contribution in [3.8, 4) is 0 Å². The van der Waals surface area contributed by atoms with Gasteiger partial charge in [-0.15, -0.1) is 11.8 Å². The molecule has 0 spiro atoms. The third-order valence-corrected chi connectivity index (χ3v) is 3.80. The van der Waals surface area contributed by atoms with Crippen LogP contribution < -0.4 is 0 Å². The Balaban J connectivity index is 1.98. The summed E-state index contributed by atoms with van der Waals surface area (Å²) in [6.45, 7) is 1.71. The maximum Gasteiger partial charge on any atom is 0.335 e. The van der Waals surface area contributed by atoms with Gasteiger partial charge in [0.25, 0.3) is 0 Å². The molecule has 0 bridgehead atoms. The first kappa shape index (κ1) is 14.4. The molecule has 0 atom stereocenters. The molecule has 1 heterocycles. The summed E-state index contributed by atoms with van der Waals surface area (Å²) in [5, 5.41) is 9.04. The Morgan fingerprint density at radius 2 is 2.10 bits per heavy atom. The maximum atomic E-state index is 12.0. The number of carbonyl (C=O) groups is 2. The van der Waals surface area contributed by atoms with E-state index in [1.165, 1.54) is 17.8 Å². The van der Waals surface area contributed by atoms with E-state index in [2.05, 4.69) is 0 Å². The monoisotopic (exact) mass is 290 g/mol. The van der Waals surface area contributed by atoms with E-state index in [1.54, 1.807) is 31.4 Å². The predicted octanol–water partition coefficient (Wildman–Crippen LogP) is 3.40. The molecule has 0 saturated heterocycles. The van der Waals surface area contributed by atoms with Gasteiger partial charge in [-0.2, -0.15) is 0 Å². The van der Waals surface area contributed by atoms with Crippen molar-refractivity contribution in [2.24, 2.45) is 0 Å². The van der Waals surface area contributed by atoms with Gasteiger partial charge in [0, 0.05) is 5.56 Å². The van der Waals surface area contributed by atoms with E-state index in [0.717, 1.165) is 5.76 Å². The van der Waals surface area contributed by atoms with Crippen LogP contribution in [0.5, 0.6) is 0 Å². The number of furan rings is 1. The van der Waals surface area contributed by atoms with Crippen molar-refractivity contribution >= 4 is 23.5 Å². The van der Waals surface area contributed by atoms with Crippen LogP contribution >= 0.6 is 11.8 Å². The zero-order chi connectivity index (χ0) is 14.5. The topological polar surface area (TPSA) is 67.5 Å².